The summed E-state index contributed by atoms with van der Waals surface area (Å²) >= 11 is 0. The molecule has 2 rings (SSSR count). The van der Waals surface area contributed by atoms with Gasteiger partial charge >= 0.3 is 0 Å². The van der Waals surface area contributed by atoms with E-state index >= 15 is 0 Å². The highest BCUT2D eigenvalue weighted by Gasteiger charge is 2.14. The Morgan fingerprint density at radius 3 is 2.48 bits per heavy atom. The van der Waals surface area contributed by atoms with Gasteiger partial charge < -0.3 is 10.1 Å². The Balaban J connectivity index is 2.07. The highest BCUT2D eigenvalue weighted by Crippen LogP contribution is 2.26. The van der Waals surface area contributed by atoms with Gasteiger partial charge in [0, 0.05) is 5.56 Å². The van der Waals surface area contributed by atoms with Gasteiger partial charge in [0.25, 0.3) is 0 Å². The Hall–Kier alpha value is -2.29. The fraction of sp³-hybridized carbons (Fsp3) is 0.350. The third-order valence-electron chi connectivity index (χ3n) is 4.17. The normalized spacial score (nSPS) is 11.9. The van der Waals surface area contributed by atoms with Crippen molar-refractivity contribution in [2.45, 2.75) is 40.2 Å². The molecule has 0 spiro atoms. The van der Waals surface area contributed by atoms with Crippen molar-refractivity contribution in [3.8, 4) is 5.75 Å². The molecule has 2 aromatic carbocycles. The summed E-state index contributed by atoms with van der Waals surface area (Å²) in [7, 11) is 1.65. The van der Waals surface area contributed by atoms with Crippen LogP contribution >= 0.6 is 0 Å². The summed E-state index contributed by atoms with van der Waals surface area (Å²) in [6, 6.07) is 12.1. The predicted molar refractivity (Wildman–Crippen MR) is 93.9 cm³/mol. The van der Waals surface area contributed by atoms with E-state index in [0.29, 0.717) is 6.42 Å². The van der Waals surface area contributed by atoms with E-state index in [4.69, 9.17) is 4.74 Å². The van der Waals surface area contributed by atoms with Gasteiger partial charge in [0.1, 0.15) is 5.75 Å². The zero-order chi connectivity index (χ0) is 17.0. The number of benzene rings is 2. The SMILES string of the molecule is COc1ccc(C)cc1C(C)NC(=O)Cc1ccc(C)c(C)c1. The molecule has 3 nitrogen and oxygen atoms in total. The van der Waals surface area contributed by atoms with Gasteiger partial charge in [-0.1, -0.05) is 35.9 Å². The lowest BCUT2D eigenvalue weighted by Gasteiger charge is -2.18. The second kappa shape index (κ2) is 7.32. The van der Waals surface area contributed by atoms with E-state index in [1.165, 1.54) is 11.1 Å². The van der Waals surface area contributed by atoms with Crippen LogP contribution < -0.4 is 10.1 Å². The summed E-state index contributed by atoms with van der Waals surface area (Å²) in [4.78, 5) is 12.3. The summed E-state index contributed by atoms with van der Waals surface area (Å²) in [6.45, 7) is 8.16. The topological polar surface area (TPSA) is 38.3 Å². The number of hydrogen-bond acceptors (Lipinski definition) is 2. The minimum atomic E-state index is -0.0936. The summed E-state index contributed by atoms with van der Waals surface area (Å²) in [6.07, 6.45) is 0.388. The first-order valence-corrected chi connectivity index (χ1v) is 7.90. The maximum Gasteiger partial charge on any atom is 0.224 e. The molecule has 0 aliphatic rings. The molecule has 122 valence electrons. The van der Waals surface area contributed by atoms with Crippen LogP contribution in [0.3, 0.4) is 0 Å². The number of rotatable bonds is 5. The maximum atomic E-state index is 12.3. The molecule has 0 saturated carbocycles. The van der Waals surface area contributed by atoms with Crippen molar-refractivity contribution in [3.63, 3.8) is 0 Å². The van der Waals surface area contributed by atoms with Gasteiger partial charge in [-0.2, -0.15) is 0 Å². The average molecular weight is 311 g/mol. The number of carbonyl (C=O) groups is 1. The minimum absolute atomic E-state index is 0.0179. The van der Waals surface area contributed by atoms with Crippen molar-refractivity contribution < 1.29 is 9.53 Å². The Morgan fingerprint density at radius 1 is 1.09 bits per heavy atom. The van der Waals surface area contributed by atoms with E-state index in [9.17, 15) is 4.79 Å². The summed E-state index contributed by atoms with van der Waals surface area (Å²) in [5.41, 5.74) is 5.64. The van der Waals surface area contributed by atoms with Crippen LogP contribution in [0.15, 0.2) is 36.4 Å². The Labute approximate surface area is 138 Å². The number of methoxy groups -OCH3 is 1. The Kier molecular flexibility index (Phi) is 5.43. The van der Waals surface area contributed by atoms with Crippen molar-refractivity contribution in [2.24, 2.45) is 0 Å². The molecule has 0 heterocycles. The molecule has 1 atom stereocenters. The molecule has 2 aromatic rings. The fourth-order valence-corrected chi connectivity index (χ4v) is 2.66. The molecule has 0 fully saturated rings. The highest BCUT2D eigenvalue weighted by atomic mass is 16.5. The molecule has 0 aromatic heterocycles. The zero-order valence-corrected chi connectivity index (χ0v) is 14.6. The summed E-state index contributed by atoms with van der Waals surface area (Å²) < 4.78 is 5.40. The minimum Gasteiger partial charge on any atom is -0.496 e. The number of ether oxygens (including phenoxy) is 1. The van der Waals surface area contributed by atoms with E-state index < -0.39 is 0 Å². The maximum absolute atomic E-state index is 12.3. The first-order valence-electron chi connectivity index (χ1n) is 7.90. The van der Waals surface area contributed by atoms with Crippen LogP contribution in [-0.2, 0) is 11.2 Å². The van der Waals surface area contributed by atoms with E-state index in [0.717, 1.165) is 22.4 Å². The third kappa shape index (κ3) is 4.35. The Bertz CT molecular complexity index is 707. The predicted octanol–water partition coefficient (Wildman–Crippen LogP) is 4.04. The van der Waals surface area contributed by atoms with Crippen LogP contribution in [0.2, 0.25) is 0 Å². The van der Waals surface area contributed by atoms with Crippen molar-refractivity contribution in [1.29, 1.82) is 0 Å². The number of carbonyl (C=O) groups excluding carboxylic acids is 1. The van der Waals surface area contributed by atoms with Gasteiger partial charge in [-0.15, -0.1) is 0 Å². The zero-order valence-electron chi connectivity index (χ0n) is 14.6. The van der Waals surface area contributed by atoms with Crippen molar-refractivity contribution in [2.75, 3.05) is 7.11 Å². The van der Waals surface area contributed by atoms with Gasteiger partial charge in [0.05, 0.1) is 19.6 Å². The molecule has 3 heteroatoms. The van der Waals surface area contributed by atoms with E-state index in [-0.39, 0.29) is 11.9 Å². The molecule has 23 heavy (non-hydrogen) atoms. The van der Waals surface area contributed by atoms with Crippen LogP contribution in [0.4, 0.5) is 0 Å². The highest BCUT2D eigenvalue weighted by molar-refractivity contribution is 5.79. The largest absolute Gasteiger partial charge is 0.496 e. The lowest BCUT2D eigenvalue weighted by molar-refractivity contribution is -0.121. The standard InChI is InChI=1S/C20H25NO2/c1-13-6-9-19(23-5)18(10-13)16(4)21-20(22)12-17-8-7-14(2)15(3)11-17/h6-11,16H,12H2,1-5H3,(H,21,22). The van der Waals surface area contributed by atoms with Gasteiger partial charge in [0.15, 0.2) is 0 Å². The van der Waals surface area contributed by atoms with Crippen LogP contribution in [0.1, 0.15) is 40.8 Å². The van der Waals surface area contributed by atoms with Crippen LogP contribution in [0, 0.1) is 20.8 Å². The molecule has 0 aliphatic carbocycles. The number of aryl methyl sites for hydroxylation is 3. The number of nitrogens with one attached hydrogen (secondary N) is 1. The van der Waals surface area contributed by atoms with Crippen LogP contribution in [0.25, 0.3) is 0 Å². The molecule has 1 amide bonds. The van der Waals surface area contributed by atoms with E-state index in [1.54, 1.807) is 7.11 Å². The van der Waals surface area contributed by atoms with Crippen molar-refractivity contribution in [1.82, 2.24) is 5.32 Å². The van der Waals surface area contributed by atoms with Gasteiger partial charge in [-0.3, -0.25) is 4.79 Å². The fourth-order valence-electron chi connectivity index (χ4n) is 2.66. The first kappa shape index (κ1) is 17.1. The smallest absolute Gasteiger partial charge is 0.224 e. The second-order valence-electron chi connectivity index (χ2n) is 6.13. The quantitative estimate of drug-likeness (QED) is 0.905. The molecular weight excluding hydrogens is 286 g/mol. The third-order valence-corrected chi connectivity index (χ3v) is 4.17. The van der Waals surface area contributed by atoms with Gasteiger partial charge in [-0.05, 0) is 50.5 Å². The summed E-state index contributed by atoms with van der Waals surface area (Å²) in [5, 5.41) is 3.06. The van der Waals surface area contributed by atoms with Gasteiger partial charge in [0.2, 0.25) is 5.91 Å². The Morgan fingerprint density at radius 2 is 1.83 bits per heavy atom. The molecular formula is C20H25NO2. The molecule has 0 aliphatic heterocycles. The number of amides is 1. The number of hydrogen-bond donors (Lipinski definition) is 1. The van der Waals surface area contributed by atoms with Crippen molar-refractivity contribution in [3.05, 3.63) is 64.2 Å². The van der Waals surface area contributed by atoms with Crippen LogP contribution in [0.5, 0.6) is 5.75 Å². The average Bonchev–Trinajstić information content (AvgIpc) is 2.50. The van der Waals surface area contributed by atoms with Crippen molar-refractivity contribution >= 4 is 5.91 Å². The first-order chi connectivity index (χ1) is 10.9. The van der Waals surface area contributed by atoms with E-state index in [1.807, 2.05) is 32.0 Å². The van der Waals surface area contributed by atoms with Crippen LogP contribution in [-0.4, -0.2) is 13.0 Å². The molecule has 1 N–H and O–H groups in total. The molecule has 1 unspecified atom stereocenters. The summed E-state index contributed by atoms with van der Waals surface area (Å²) in [5.74, 6) is 0.818. The lowest BCUT2D eigenvalue weighted by atomic mass is 10.0. The molecule has 0 saturated heterocycles. The monoisotopic (exact) mass is 311 g/mol. The van der Waals surface area contributed by atoms with E-state index in [2.05, 4.69) is 37.4 Å². The molecule has 0 bridgehead atoms. The lowest BCUT2D eigenvalue weighted by Crippen LogP contribution is -2.28. The second-order valence-corrected chi connectivity index (χ2v) is 6.13. The van der Waals surface area contributed by atoms with Gasteiger partial charge in [-0.25, -0.2) is 0 Å². The molecule has 0 radical (unpaired) electrons.